The normalized spacial score (nSPS) is 14.3. The molecule has 7 nitrogen and oxygen atoms in total. The third kappa shape index (κ3) is 5.81. The number of nitrogens with one attached hydrogen (secondary N) is 3. The molecular weight excluding hydrogens is 366 g/mol. The first kappa shape index (κ1) is 20.4. The highest BCUT2D eigenvalue weighted by molar-refractivity contribution is 5.97. The van der Waals surface area contributed by atoms with Crippen LogP contribution in [0, 0.1) is 6.92 Å². The molecule has 0 radical (unpaired) electrons. The van der Waals surface area contributed by atoms with Crippen LogP contribution >= 0.6 is 0 Å². The van der Waals surface area contributed by atoms with Crippen molar-refractivity contribution in [1.82, 2.24) is 20.9 Å². The predicted molar refractivity (Wildman–Crippen MR) is 114 cm³/mol. The molecule has 7 heteroatoms. The summed E-state index contributed by atoms with van der Waals surface area (Å²) in [5, 5.41) is 9.30. The second-order valence-electron chi connectivity index (χ2n) is 7.04. The number of amides is 2. The fraction of sp³-hybridized carbons (Fsp3) is 0.318. The number of hydrogen-bond donors (Lipinski definition) is 3. The van der Waals surface area contributed by atoms with Crippen LogP contribution in [0.4, 0.5) is 0 Å². The zero-order valence-corrected chi connectivity index (χ0v) is 16.9. The highest BCUT2D eigenvalue weighted by Crippen LogP contribution is 2.09. The molecule has 1 aliphatic heterocycles. The number of guanidine groups is 1. The second-order valence-corrected chi connectivity index (χ2v) is 7.04. The number of hydrogen-bond acceptors (Lipinski definition) is 3. The van der Waals surface area contributed by atoms with Gasteiger partial charge in [-0.15, -0.1) is 0 Å². The lowest BCUT2D eigenvalue weighted by atomic mass is 10.1. The number of piperazine rings is 1. The van der Waals surface area contributed by atoms with Gasteiger partial charge in [0, 0.05) is 38.8 Å². The van der Waals surface area contributed by atoms with Gasteiger partial charge in [0.1, 0.15) is 0 Å². The third-order valence-electron chi connectivity index (χ3n) is 4.75. The summed E-state index contributed by atoms with van der Waals surface area (Å²) in [6.07, 6.45) is 0. The van der Waals surface area contributed by atoms with E-state index in [2.05, 4.69) is 46.1 Å². The minimum absolute atomic E-state index is 0.116. The quantitative estimate of drug-likeness (QED) is 0.530. The Morgan fingerprint density at radius 2 is 1.83 bits per heavy atom. The van der Waals surface area contributed by atoms with Gasteiger partial charge in [-0.1, -0.05) is 42.0 Å². The van der Waals surface area contributed by atoms with Crippen molar-refractivity contribution in [2.75, 3.05) is 26.7 Å². The molecule has 1 fully saturated rings. The van der Waals surface area contributed by atoms with Gasteiger partial charge in [-0.3, -0.25) is 14.6 Å². The van der Waals surface area contributed by atoms with Gasteiger partial charge in [0.2, 0.25) is 5.91 Å². The Hall–Kier alpha value is -3.35. The molecule has 0 spiro atoms. The van der Waals surface area contributed by atoms with Crippen LogP contribution in [-0.2, 0) is 17.9 Å². The van der Waals surface area contributed by atoms with E-state index in [-0.39, 0.29) is 18.4 Å². The Morgan fingerprint density at radius 3 is 2.48 bits per heavy atom. The average Bonchev–Trinajstić information content (AvgIpc) is 2.74. The van der Waals surface area contributed by atoms with E-state index >= 15 is 0 Å². The Morgan fingerprint density at radius 1 is 1.10 bits per heavy atom. The van der Waals surface area contributed by atoms with Crippen LogP contribution in [0.3, 0.4) is 0 Å². The second kappa shape index (κ2) is 9.73. The molecule has 0 aliphatic carbocycles. The van der Waals surface area contributed by atoms with Crippen molar-refractivity contribution in [3.63, 3.8) is 0 Å². The number of aryl methyl sites for hydroxylation is 1. The van der Waals surface area contributed by atoms with Crippen LogP contribution in [0.2, 0.25) is 0 Å². The number of carbonyl (C=O) groups is 2. The SMILES string of the molecule is CN=C(NCc1ccc(C(=O)N2CCNC(=O)C2)cc1)NCc1cccc(C)c1. The first-order valence-corrected chi connectivity index (χ1v) is 9.70. The standard InChI is InChI=1S/C22H27N5O2/c1-16-4-3-5-18(12-16)14-26-22(23-2)25-13-17-6-8-19(9-7-17)21(29)27-11-10-24-20(28)15-27/h3-9,12H,10-11,13-15H2,1-2H3,(H,24,28)(H2,23,25,26). The Kier molecular flexibility index (Phi) is 6.84. The van der Waals surface area contributed by atoms with Crippen molar-refractivity contribution in [3.8, 4) is 0 Å². The molecule has 1 saturated heterocycles. The number of rotatable bonds is 5. The van der Waals surface area contributed by atoms with Crippen LogP contribution in [0.15, 0.2) is 53.5 Å². The van der Waals surface area contributed by atoms with Crippen molar-refractivity contribution in [2.45, 2.75) is 20.0 Å². The monoisotopic (exact) mass is 393 g/mol. The third-order valence-corrected chi connectivity index (χ3v) is 4.75. The zero-order chi connectivity index (χ0) is 20.6. The summed E-state index contributed by atoms with van der Waals surface area (Å²) in [6.45, 7) is 4.51. The number of aliphatic imine (C=N–C) groups is 1. The van der Waals surface area contributed by atoms with Crippen molar-refractivity contribution in [1.29, 1.82) is 0 Å². The summed E-state index contributed by atoms with van der Waals surface area (Å²) in [5.74, 6) is 0.482. The maximum Gasteiger partial charge on any atom is 0.254 e. The largest absolute Gasteiger partial charge is 0.353 e. The molecule has 0 atom stereocenters. The van der Waals surface area contributed by atoms with Crippen molar-refractivity contribution >= 4 is 17.8 Å². The number of nitrogens with zero attached hydrogens (tertiary/aromatic N) is 2. The fourth-order valence-electron chi connectivity index (χ4n) is 3.17. The van der Waals surface area contributed by atoms with E-state index in [1.54, 1.807) is 24.1 Å². The van der Waals surface area contributed by atoms with E-state index in [1.807, 2.05) is 18.2 Å². The summed E-state index contributed by atoms with van der Waals surface area (Å²) >= 11 is 0. The Labute approximate surface area is 171 Å². The van der Waals surface area contributed by atoms with Gasteiger partial charge in [-0.05, 0) is 30.2 Å². The van der Waals surface area contributed by atoms with Crippen LogP contribution in [-0.4, -0.2) is 49.4 Å². The number of carbonyl (C=O) groups excluding carboxylic acids is 2. The van der Waals surface area contributed by atoms with Gasteiger partial charge < -0.3 is 20.9 Å². The van der Waals surface area contributed by atoms with Crippen LogP contribution in [0.5, 0.6) is 0 Å². The summed E-state index contributed by atoms with van der Waals surface area (Å²) in [5.41, 5.74) is 4.05. The lowest BCUT2D eigenvalue weighted by Crippen LogP contribution is -2.49. The predicted octanol–water partition coefficient (Wildman–Crippen LogP) is 1.43. The molecule has 0 unspecified atom stereocenters. The Bertz CT molecular complexity index is 892. The lowest BCUT2D eigenvalue weighted by Gasteiger charge is -2.26. The van der Waals surface area contributed by atoms with Crippen LogP contribution < -0.4 is 16.0 Å². The smallest absolute Gasteiger partial charge is 0.254 e. The van der Waals surface area contributed by atoms with Crippen molar-refractivity contribution in [3.05, 3.63) is 70.8 Å². The van der Waals surface area contributed by atoms with E-state index < -0.39 is 0 Å². The van der Waals surface area contributed by atoms with E-state index in [1.165, 1.54) is 11.1 Å². The van der Waals surface area contributed by atoms with Crippen LogP contribution in [0.25, 0.3) is 0 Å². The molecule has 0 bridgehead atoms. The minimum atomic E-state index is -0.116. The van der Waals surface area contributed by atoms with E-state index in [0.717, 1.165) is 5.56 Å². The first-order chi connectivity index (χ1) is 14.0. The zero-order valence-electron chi connectivity index (χ0n) is 16.9. The molecule has 3 N–H and O–H groups in total. The van der Waals surface area contributed by atoms with Crippen LogP contribution in [0.1, 0.15) is 27.0 Å². The van der Waals surface area contributed by atoms with Crippen molar-refractivity contribution in [2.24, 2.45) is 4.99 Å². The molecule has 152 valence electrons. The molecule has 29 heavy (non-hydrogen) atoms. The summed E-state index contributed by atoms with van der Waals surface area (Å²) in [6, 6.07) is 15.8. The Balaban J connectivity index is 1.51. The molecular formula is C22H27N5O2. The van der Waals surface area contributed by atoms with E-state index in [4.69, 9.17) is 0 Å². The van der Waals surface area contributed by atoms with Gasteiger partial charge in [0.15, 0.2) is 5.96 Å². The number of benzene rings is 2. The topological polar surface area (TPSA) is 85.8 Å². The van der Waals surface area contributed by atoms with Gasteiger partial charge in [-0.25, -0.2) is 0 Å². The highest BCUT2D eigenvalue weighted by atomic mass is 16.2. The molecule has 3 rings (SSSR count). The molecule has 0 aromatic heterocycles. The van der Waals surface area contributed by atoms with Gasteiger partial charge in [0.25, 0.3) is 5.91 Å². The minimum Gasteiger partial charge on any atom is -0.353 e. The first-order valence-electron chi connectivity index (χ1n) is 9.70. The molecule has 1 heterocycles. The lowest BCUT2D eigenvalue weighted by molar-refractivity contribution is -0.123. The van der Waals surface area contributed by atoms with Crippen molar-refractivity contribution < 1.29 is 9.59 Å². The molecule has 2 aromatic carbocycles. The maximum atomic E-state index is 12.5. The summed E-state index contributed by atoms with van der Waals surface area (Å²) in [7, 11) is 1.74. The molecule has 2 amide bonds. The fourth-order valence-corrected chi connectivity index (χ4v) is 3.17. The molecule has 2 aromatic rings. The molecule has 1 aliphatic rings. The van der Waals surface area contributed by atoms with E-state index in [0.29, 0.717) is 37.7 Å². The average molecular weight is 393 g/mol. The van der Waals surface area contributed by atoms with Gasteiger partial charge >= 0.3 is 0 Å². The molecule has 0 saturated carbocycles. The van der Waals surface area contributed by atoms with Gasteiger partial charge in [-0.2, -0.15) is 0 Å². The van der Waals surface area contributed by atoms with Gasteiger partial charge in [0.05, 0.1) is 6.54 Å². The summed E-state index contributed by atoms with van der Waals surface area (Å²) in [4.78, 5) is 29.8. The maximum absolute atomic E-state index is 12.5. The summed E-state index contributed by atoms with van der Waals surface area (Å²) < 4.78 is 0. The highest BCUT2D eigenvalue weighted by Gasteiger charge is 2.22. The van der Waals surface area contributed by atoms with E-state index in [9.17, 15) is 9.59 Å².